The van der Waals surface area contributed by atoms with E-state index in [0.717, 1.165) is 24.2 Å². The highest BCUT2D eigenvalue weighted by Gasteiger charge is 2.13. The summed E-state index contributed by atoms with van der Waals surface area (Å²) in [5.74, 6) is 0.353. The van der Waals surface area contributed by atoms with Crippen LogP contribution < -0.4 is 9.47 Å². The van der Waals surface area contributed by atoms with Gasteiger partial charge in [-0.2, -0.15) is 0 Å². The number of aliphatic hydroxyl groups is 1. The summed E-state index contributed by atoms with van der Waals surface area (Å²) >= 11 is 0. The Balaban J connectivity index is 1.91. The van der Waals surface area contributed by atoms with E-state index in [0.29, 0.717) is 12.4 Å². The number of carboxylic acid groups (broad SMARTS) is 1. The molecule has 0 radical (unpaired) electrons. The lowest BCUT2D eigenvalue weighted by Crippen LogP contribution is -2.21. The number of ether oxygens (including phenoxy) is 2. The zero-order valence-electron chi connectivity index (χ0n) is 9.96. The van der Waals surface area contributed by atoms with Crippen molar-refractivity contribution in [2.75, 3.05) is 13.2 Å². The number of aliphatic hydroxyl groups excluding tert-OH is 1. The molecule has 18 heavy (non-hydrogen) atoms. The van der Waals surface area contributed by atoms with Gasteiger partial charge in [-0.1, -0.05) is 6.07 Å². The van der Waals surface area contributed by atoms with Crippen molar-refractivity contribution in [3.05, 3.63) is 23.8 Å². The number of hydrogen-bond acceptors (Lipinski definition) is 4. The number of carboxylic acids is 1. The molecule has 2 rings (SSSR count). The van der Waals surface area contributed by atoms with Gasteiger partial charge in [0.15, 0.2) is 0 Å². The van der Waals surface area contributed by atoms with Crippen molar-refractivity contribution in [1.29, 1.82) is 0 Å². The average molecular weight is 252 g/mol. The molecular formula is C13H16O5. The third-order valence-electron chi connectivity index (χ3n) is 2.74. The summed E-state index contributed by atoms with van der Waals surface area (Å²) < 4.78 is 10.8. The van der Waals surface area contributed by atoms with Crippen molar-refractivity contribution in [3.63, 3.8) is 0 Å². The van der Waals surface area contributed by atoms with Crippen molar-refractivity contribution in [3.8, 4) is 11.5 Å². The van der Waals surface area contributed by atoms with Crippen molar-refractivity contribution >= 4 is 5.97 Å². The summed E-state index contributed by atoms with van der Waals surface area (Å²) in [4.78, 5) is 10.4. The number of aryl methyl sites for hydroxylation is 1. The molecule has 1 atom stereocenters. The maximum absolute atomic E-state index is 10.4. The van der Waals surface area contributed by atoms with E-state index in [2.05, 4.69) is 0 Å². The van der Waals surface area contributed by atoms with Crippen molar-refractivity contribution in [2.24, 2.45) is 0 Å². The van der Waals surface area contributed by atoms with Gasteiger partial charge in [-0.3, -0.25) is 4.79 Å². The molecule has 0 amide bonds. The highest BCUT2D eigenvalue weighted by Crippen LogP contribution is 2.29. The molecule has 5 heteroatoms. The summed E-state index contributed by atoms with van der Waals surface area (Å²) in [5, 5.41) is 17.9. The number of carbonyl (C=O) groups is 1. The molecule has 1 aromatic carbocycles. The average Bonchev–Trinajstić information content (AvgIpc) is 2.35. The van der Waals surface area contributed by atoms with E-state index < -0.39 is 12.1 Å². The van der Waals surface area contributed by atoms with Gasteiger partial charge in [-0.05, 0) is 24.5 Å². The number of rotatable bonds is 5. The minimum absolute atomic E-state index is 0.0366. The fourth-order valence-corrected chi connectivity index (χ4v) is 1.86. The minimum Gasteiger partial charge on any atom is -0.493 e. The molecule has 5 nitrogen and oxygen atoms in total. The molecule has 1 aliphatic rings. The Morgan fingerprint density at radius 1 is 1.50 bits per heavy atom. The highest BCUT2D eigenvalue weighted by molar-refractivity contribution is 5.67. The second-order valence-electron chi connectivity index (χ2n) is 4.28. The summed E-state index contributed by atoms with van der Waals surface area (Å²) in [6, 6.07) is 5.52. The van der Waals surface area contributed by atoms with E-state index >= 15 is 0 Å². The fraction of sp³-hybridized carbons (Fsp3) is 0.462. The largest absolute Gasteiger partial charge is 0.493 e. The fourth-order valence-electron chi connectivity index (χ4n) is 1.86. The zero-order valence-corrected chi connectivity index (χ0v) is 9.96. The van der Waals surface area contributed by atoms with Crippen LogP contribution in [-0.2, 0) is 11.2 Å². The smallest absolute Gasteiger partial charge is 0.306 e. The minimum atomic E-state index is -1.04. The van der Waals surface area contributed by atoms with E-state index in [-0.39, 0.29) is 13.0 Å². The van der Waals surface area contributed by atoms with Gasteiger partial charge in [0.25, 0.3) is 0 Å². The third kappa shape index (κ3) is 3.37. The quantitative estimate of drug-likeness (QED) is 0.824. The van der Waals surface area contributed by atoms with Crippen LogP contribution in [0.25, 0.3) is 0 Å². The van der Waals surface area contributed by atoms with Crippen molar-refractivity contribution in [1.82, 2.24) is 0 Å². The molecule has 0 saturated heterocycles. The summed E-state index contributed by atoms with van der Waals surface area (Å²) in [7, 11) is 0. The molecule has 0 aliphatic carbocycles. The number of hydrogen-bond donors (Lipinski definition) is 2. The van der Waals surface area contributed by atoms with E-state index in [1.807, 2.05) is 6.07 Å². The predicted molar refractivity (Wildman–Crippen MR) is 64.0 cm³/mol. The normalized spacial score (nSPS) is 15.4. The van der Waals surface area contributed by atoms with Crippen molar-refractivity contribution < 1.29 is 24.5 Å². The van der Waals surface area contributed by atoms with Gasteiger partial charge in [0.2, 0.25) is 0 Å². The molecule has 1 aliphatic heterocycles. The van der Waals surface area contributed by atoms with Crippen molar-refractivity contribution in [2.45, 2.75) is 25.4 Å². The molecule has 0 fully saturated rings. The van der Waals surface area contributed by atoms with E-state index in [1.54, 1.807) is 12.1 Å². The van der Waals surface area contributed by atoms with Gasteiger partial charge in [0.05, 0.1) is 19.1 Å². The van der Waals surface area contributed by atoms with Crippen LogP contribution in [0.1, 0.15) is 18.4 Å². The maximum Gasteiger partial charge on any atom is 0.306 e. The van der Waals surface area contributed by atoms with Gasteiger partial charge in [0, 0.05) is 6.07 Å². The van der Waals surface area contributed by atoms with Crippen LogP contribution in [0.3, 0.4) is 0 Å². The zero-order chi connectivity index (χ0) is 13.0. The molecule has 1 unspecified atom stereocenters. The lowest BCUT2D eigenvalue weighted by atomic mass is 10.1. The Morgan fingerprint density at radius 3 is 3.11 bits per heavy atom. The first-order valence-corrected chi connectivity index (χ1v) is 5.93. The highest BCUT2D eigenvalue weighted by atomic mass is 16.5. The van der Waals surface area contributed by atoms with E-state index in [1.165, 1.54) is 0 Å². The SMILES string of the molecule is O=C(O)CC(O)COc1ccc2c(c1)OCCC2. The lowest BCUT2D eigenvalue weighted by molar-refractivity contribution is -0.139. The summed E-state index contributed by atoms with van der Waals surface area (Å²) in [6.07, 6.45) is 0.697. The second kappa shape index (κ2) is 5.73. The molecule has 0 saturated carbocycles. The molecule has 0 bridgehead atoms. The van der Waals surface area contributed by atoms with Crippen LogP contribution in [-0.4, -0.2) is 35.5 Å². The molecule has 98 valence electrons. The summed E-state index contributed by atoms with van der Waals surface area (Å²) in [6.45, 7) is 0.670. The first-order chi connectivity index (χ1) is 8.65. The van der Waals surface area contributed by atoms with Crippen LogP contribution >= 0.6 is 0 Å². The van der Waals surface area contributed by atoms with E-state index in [9.17, 15) is 9.90 Å². The summed E-state index contributed by atoms with van der Waals surface area (Å²) in [5.41, 5.74) is 1.15. The Kier molecular flexibility index (Phi) is 4.04. The second-order valence-corrected chi connectivity index (χ2v) is 4.28. The lowest BCUT2D eigenvalue weighted by Gasteiger charge is -2.18. The van der Waals surface area contributed by atoms with Crippen LogP contribution in [0, 0.1) is 0 Å². The molecule has 1 heterocycles. The molecular weight excluding hydrogens is 236 g/mol. The monoisotopic (exact) mass is 252 g/mol. The standard InChI is InChI=1S/C13H16O5/c14-10(6-13(15)16)8-18-11-4-3-9-2-1-5-17-12(9)7-11/h3-4,7,10,14H,1-2,5-6,8H2,(H,15,16). The van der Waals surface area contributed by atoms with Crippen LogP contribution in [0.2, 0.25) is 0 Å². The molecule has 1 aromatic rings. The van der Waals surface area contributed by atoms with Gasteiger partial charge >= 0.3 is 5.97 Å². The van der Waals surface area contributed by atoms with Gasteiger partial charge in [0.1, 0.15) is 18.1 Å². The Morgan fingerprint density at radius 2 is 2.33 bits per heavy atom. The molecule has 0 spiro atoms. The van der Waals surface area contributed by atoms with Gasteiger partial charge in [-0.15, -0.1) is 0 Å². The Hall–Kier alpha value is -1.75. The number of aliphatic carboxylic acids is 1. The van der Waals surface area contributed by atoms with Crippen LogP contribution in [0.5, 0.6) is 11.5 Å². The molecule has 2 N–H and O–H groups in total. The van der Waals surface area contributed by atoms with Crippen LogP contribution in [0.15, 0.2) is 18.2 Å². The van der Waals surface area contributed by atoms with Crippen LogP contribution in [0.4, 0.5) is 0 Å². The van der Waals surface area contributed by atoms with E-state index in [4.69, 9.17) is 14.6 Å². The number of benzene rings is 1. The third-order valence-corrected chi connectivity index (χ3v) is 2.74. The first kappa shape index (κ1) is 12.7. The topological polar surface area (TPSA) is 76.0 Å². The predicted octanol–water partition coefficient (Wildman–Crippen LogP) is 1.23. The Bertz CT molecular complexity index is 429. The molecule has 0 aromatic heterocycles. The maximum atomic E-state index is 10.4. The van der Waals surface area contributed by atoms with Gasteiger partial charge < -0.3 is 19.7 Å². The van der Waals surface area contributed by atoms with Gasteiger partial charge in [-0.25, -0.2) is 0 Å². The number of fused-ring (bicyclic) bond motifs is 1. The first-order valence-electron chi connectivity index (χ1n) is 5.93. The Labute approximate surface area is 105 Å².